The maximum Gasteiger partial charge on any atom is 0.256 e. The van der Waals surface area contributed by atoms with Crippen LogP contribution < -0.4 is 5.73 Å². The predicted octanol–water partition coefficient (Wildman–Crippen LogP) is 3.53. The van der Waals surface area contributed by atoms with Crippen LogP contribution in [0.25, 0.3) is 11.3 Å². The molecule has 8 heteroatoms. The number of carbonyl (C=O) groups excluding carboxylic acids is 1. The minimum Gasteiger partial charge on any atom is -0.384 e. The van der Waals surface area contributed by atoms with Gasteiger partial charge in [0.25, 0.3) is 5.91 Å². The average Bonchev–Trinajstić information content (AvgIpc) is 2.92. The Morgan fingerprint density at radius 1 is 1.11 bits per heavy atom. The van der Waals surface area contributed by atoms with Gasteiger partial charge in [0, 0.05) is 43.0 Å². The zero-order valence-corrected chi connectivity index (χ0v) is 20.4. The molecule has 1 aromatic carbocycles. The van der Waals surface area contributed by atoms with Crippen LogP contribution >= 0.6 is 0 Å². The Morgan fingerprint density at radius 3 is 2.78 bits per heavy atom. The number of piperidine rings is 1. The first kappa shape index (κ1) is 23.9. The third-order valence-electron chi connectivity index (χ3n) is 6.98. The maximum atomic E-state index is 15.3. The smallest absolute Gasteiger partial charge is 0.256 e. The second-order valence-electron chi connectivity index (χ2n) is 9.25. The number of aryl methyl sites for hydroxylation is 1. The Labute approximate surface area is 210 Å². The van der Waals surface area contributed by atoms with Crippen molar-refractivity contribution in [3.05, 3.63) is 71.1 Å². The van der Waals surface area contributed by atoms with Crippen LogP contribution in [-0.4, -0.2) is 62.9 Å². The average molecular weight is 485 g/mol. The lowest BCUT2D eigenvalue weighted by atomic mass is 9.98. The van der Waals surface area contributed by atoms with Crippen LogP contribution in [0.2, 0.25) is 0 Å². The van der Waals surface area contributed by atoms with Gasteiger partial charge >= 0.3 is 0 Å². The molecule has 2 aliphatic heterocycles. The molecule has 1 amide bonds. The van der Waals surface area contributed by atoms with Crippen LogP contribution in [-0.2, 0) is 6.42 Å². The van der Waals surface area contributed by atoms with Crippen LogP contribution in [0.4, 0.5) is 10.2 Å². The number of halogens is 1. The van der Waals surface area contributed by atoms with Crippen molar-refractivity contribution in [2.75, 3.05) is 31.9 Å². The van der Waals surface area contributed by atoms with Gasteiger partial charge in [0.1, 0.15) is 18.0 Å². The van der Waals surface area contributed by atoms with Crippen molar-refractivity contribution in [3.8, 4) is 23.1 Å². The van der Waals surface area contributed by atoms with E-state index in [0.717, 1.165) is 25.2 Å². The second kappa shape index (κ2) is 10.4. The number of carbonyl (C=O) groups is 1. The third kappa shape index (κ3) is 4.93. The van der Waals surface area contributed by atoms with Crippen LogP contribution in [0.5, 0.6) is 0 Å². The van der Waals surface area contributed by atoms with Crippen LogP contribution in [0.15, 0.2) is 42.9 Å². The molecule has 2 aliphatic rings. The standard InChI is InChI=1S/C28H29FN6O/c1-2-25-23(9-6-19-7-11-26(30)31-16-19)27(33-18-32-25)20-8-10-22(24(29)15-20)28(36)35-14-13-34-12-4-3-5-21(34)17-35/h7-8,10-11,15-16,18,21H,2-5,12-14,17H2,1H3,(H2,30,31)/t21-/m0/s1. The highest BCUT2D eigenvalue weighted by Gasteiger charge is 2.32. The number of anilines is 1. The minimum atomic E-state index is -0.554. The van der Waals surface area contributed by atoms with Crippen molar-refractivity contribution in [1.82, 2.24) is 24.8 Å². The Kier molecular flexibility index (Phi) is 6.92. The van der Waals surface area contributed by atoms with E-state index in [1.54, 1.807) is 35.4 Å². The number of nitrogens with zero attached hydrogens (tertiary/aromatic N) is 5. The first-order valence-electron chi connectivity index (χ1n) is 12.4. The summed E-state index contributed by atoms with van der Waals surface area (Å²) in [4.78, 5) is 30.3. The van der Waals surface area contributed by atoms with Crippen molar-refractivity contribution in [2.24, 2.45) is 0 Å². The number of amides is 1. The summed E-state index contributed by atoms with van der Waals surface area (Å²) in [5, 5.41) is 0. The van der Waals surface area contributed by atoms with E-state index in [4.69, 9.17) is 5.73 Å². The Hall–Kier alpha value is -3.83. The van der Waals surface area contributed by atoms with Gasteiger partial charge in [-0.05, 0) is 50.1 Å². The Morgan fingerprint density at radius 2 is 2.00 bits per heavy atom. The zero-order chi connectivity index (χ0) is 25.1. The van der Waals surface area contributed by atoms with E-state index in [1.165, 1.54) is 25.2 Å². The lowest BCUT2D eigenvalue weighted by Crippen LogP contribution is -2.56. The summed E-state index contributed by atoms with van der Waals surface area (Å²) >= 11 is 0. The largest absolute Gasteiger partial charge is 0.384 e. The summed E-state index contributed by atoms with van der Waals surface area (Å²) in [6.07, 6.45) is 7.20. The Bertz CT molecular complexity index is 1330. The zero-order valence-electron chi connectivity index (χ0n) is 20.4. The minimum absolute atomic E-state index is 0.0911. The van der Waals surface area contributed by atoms with Crippen molar-refractivity contribution >= 4 is 11.7 Å². The molecular weight excluding hydrogens is 455 g/mol. The van der Waals surface area contributed by atoms with E-state index in [-0.39, 0.29) is 11.5 Å². The molecule has 4 heterocycles. The Balaban J connectivity index is 1.42. The van der Waals surface area contributed by atoms with Gasteiger partial charge in [0.15, 0.2) is 0 Å². The fourth-order valence-corrected chi connectivity index (χ4v) is 5.00. The van der Waals surface area contributed by atoms with Crippen LogP contribution in [0.1, 0.15) is 53.4 Å². The van der Waals surface area contributed by atoms with E-state index < -0.39 is 5.82 Å². The summed E-state index contributed by atoms with van der Waals surface area (Å²) in [6.45, 7) is 5.21. The summed E-state index contributed by atoms with van der Waals surface area (Å²) < 4.78 is 15.3. The van der Waals surface area contributed by atoms with Crippen molar-refractivity contribution in [1.29, 1.82) is 0 Å². The van der Waals surface area contributed by atoms with E-state index in [0.29, 0.717) is 53.8 Å². The monoisotopic (exact) mass is 484 g/mol. The van der Waals surface area contributed by atoms with Gasteiger partial charge < -0.3 is 10.6 Å². The quantitative estimate of drug-likeness (QED) is 0.573. The molecule has 0 bridgehead atoms. The topological polar surface area (TPSA) is 88.2 Å². The number of pyridine rings is 1. The molecule has 2 fully saturated rings. The predicted molar refractivity (Wildman–Crippen MR) is 137 cm³/mol. The molecule has 184 valence electrons. The fourth-order valence-electron chi connectivity index (χ4n) is 5.00. The second-order valence-corrected chi connectivity index (χ2v) is 9.25. The van der Waals surface area contributed by atoms with E-state index in [9.17, 15) is 4.79 Å². The number of benzene rings is 1. The van der Waals surface area contributed by atoms with Crippen molar-refractivity contribution < 1.29 is 9.18 Å². The summed E-state index contributed by atoms with van der Waals surface area (Å²) in [7, 11) is 0. The molecule has 2 saturated heterocycles. The molecule has 1 atom stereocenters. The molecule has 0 spiro atoms. The first-order valence-corrected chi connectivity index (χ1v) is 12.4. The molecular formula is C28H29FN6O. The number of piperazine rings is 1. The molecule has 2 N–H and O–H groups in total. The van der Waals surface area contributed by atoms with Gasteiger partial charge in [0.05, 0.1) is 22.5 Å². The number of aromatic nitrogens is 3. The maximum absolute atomic E-state index is 15.3. The number of nitrogen functional groups attached to an aromatic ring is 1. The van der Waals surface area contributed by atoms with E-state index in [1.807, 2.05) is 6.92 Å². The third-order valence-corrected chi connectivity index (χ3v) is 6.98. The molecule has 0 radical (unpaired) electrons. The van der Waals surface area contributed by atoms with Gasteiger partial charge in [-0.2, -0.15) is 0 Å². The summed E-state index contributed by atoms with van der Waals surface area (Å²) in [5.41, 5.74) is 8.93. The van der Waals surface area contributed by atoms with Crippen molar-refractivity contribution in [3.63, 3.8) is 0 Å². The van der Waals surface area contributed by atoms with Crippen LogP contribution in [0.3, 0.4) is 0 Å². The van der Waals surface area contributed by atoms with Gasteiger partial charge in [-0.1, -0.05) is 31.3 Å². The fraction of sp³-hybridized carbons (Fsp3) is 0.357. The van der Waals surface area contributed by atoms with Crippen molar-refractivity contribution in [2.45, 2.75) is 38.6 Å². The highest BCUT2D eigenvalue weighted by molar-refractivity contribution is 5.95. The summed E-state index contributed by atoms with van der Waals surface area (Å²) in [5.74, 6) is 5.83. The van der Waals surface area contributed by atoms with Gasteiger partial charge in [-0.25, -0.2) is 19.3 Å². The normalized spacial score (nSPS) is 17.7. The highest BCUT2D eigenvalue weighted by atomic mass is 19.1. The molecule has 7 nitrogen and oxygen atoms in total. The van der Waals surface area contributed by atoms with Gasteiger partial charge in [-0.15, -0.1) is 0 Å². The van der Waals surface area contributed by atoms with Crippen LogP contribution in [0, 0.1) is 17.7 Å². The number of nitrogens with two attached hydrogens (primary N) is 1. The molecule has 5 rings (SSSR count). The molecule has 0 aliphatic carbocycles. The van der Waals surface area contributed by atoms with E-state index in [2.05, 4.69) is 31.7 Å². The number of rotatable bonds is 3. The molecule has 36 heavy (non-hydrogen) atoms. The molecule has 2 aromatic heterocycles. The highest BCUT2D eigenvalue weighted by Crippen LogP contribution is 2.27. The lowest BCUT2D eigenvalue weighted by Gasteiger charge is -2.44. The molecule has 0 saturated carbocycles. The first-order chi connectivity index (χ1) is 17.5. The SMILES string of the molecule is CCc1ncnc(-c2ccc(C(=O)N3CCN4CCCC[C@H]4C3)c(F)c2)c1C#Cc1ccc(N)nc1. The molecule has 3 aromatic rings. The van der Waals surface area contributed by atoms with E-state index >= 15 is 4.39 Å². The van der Waals surface area contributed by atoms with Gasteiger partial charge in [-0.3, -0.25) is 9.69 Å². The number of hydrogen-bond donors (Lipinski definition) is 1. The van der Waals surface area contributed by atoms with Gasteiger partial charge in [0.2, 0.25) is 0 Å². The number of fused-ring (bicyclic) bond motifs is 1. The lowest BCUT2D eigenvalue weighted by molar-refractivity contribution is 0.0369. The number of hydrogen-bond acceptors (Lipinski definition) is 6. The summed E-state index contributed by atoms with van der Waals surface area (Å²) in [6, 6.07) is 8.54. The molecule has 0 unspecified atom stereocenters.